The van der Waals surface area contributed by atoms with E-state index in [0.717, 1.165) is 32.6 Å². The van der Waals surface area contributed by atoms with Crippen LogP contribution in [0.15, 0.2) is 0 Å². The van der Waals surface area contributed by atoms with E-state index >= 15 is 0 Å². The van der Waals surface area contributed by atoms with Gasteiger partial charge in [-0.15, -0.1) is 12.4 Å². The first-order valence-electron chi connectivity index (χ1n) is 8.45. The van der Waals surface area contributed by atoms with E-state index in [9.17, 15) is 4.79 Å². The van der Waals surface area contributed by atoms with Crippen molar-refractivity contribution in [1.82, 2.24) is 9.80 Å². The van der Waals surface area contributed by atoms with E-state index in [-0.39, 0.29) is 18.4 Å². The molecule has 4 nitrogen and oxygen atoms in total. The van der Waals surface area contributed by atoms with Gasteiger partial charge in [-0.3, -0.25) is 9.69 Å². The number of nitrogens with two attached hydrogens (primary N) is 1. The van der Waals surface area contributed by atoms with E-state index in [2.05, 4.69) is 16.7 Å². The molecule has 5 heteroatoms. The number of rotatable bonds is 2. The number of carbonyl (C=O) groups excluding carboxylic acids is 1. The van der Waals surface area contributed by atoms with Crippen molar-refractivity contribution < 1.29 is 4.79 Å². The van der Waals surface area contributed by atoms with Crippen molar-refractivity contribution in [3.63, 3.8) is 0 Å². The van der Waals surface area contributed by atoms with Crippen LogP contribution in [0.25, 0.3) is 0 Å². The Labute approximate surface area is 134 Å². The molecule has 0 aromatic rings. The molecule has 2 saturated heterocycles. The second kappa shape index (κ2) is 7.30. The largest absolute Gasteiger partial charge is 0.341 e. The Balaban J connectivity index is 0.00000161. The fourth-order valence-corrected chi connectivity index (χ4v) is 4.39. The molecule has 0 radical (unpaired) electrons. The molecular formula is C16H30ClN3O. The zero-order chi connectivity index (χ0) is 14.1. The summed E-state index contributed by atoms with van der Waals surface area (Å²) in [6.07, 6.45) is 7.49. The van der Waals surface area contributed by atoms with E-state index in [1.54, 1.807) is 0 Å². The number of fused-ring (bicyclic) bond motifs is 1. The van der Waals surface area contributed by atoms with Crippen molar-refractivity contribution in [2.24, 2.45) is 17.6 Å². The van der Waals surface area contributed by atoms with Crippen LogP contribution < -0.4 is 5.73 Å². The lowest BCUT2D eigenvalue weighted by Gasteiger charge is -2.30. The van der Waals surface area contributed by atoms with Gasteiger partial charge in [0.15, 0.2) is 0 Å². The quantitative estimate of drug-likeness (QED) is 0.846. The maximum atomic E-state index is 12.7. The van der Waals surface area contributed by atoms with Crippen molar-refractivity contribution in [2.75, 3.05) is 26.2 Å². The van der Waals surface area contributed by atoms with Gasteiger partial charge in [-0.1, -0.05) is 12.8 Å². The van der Waals surface area contributed by atoms with Gasteiger partial charge in [0, 0.05) is 19.1 Å². The summed E-state index contributed by atoms with van der Waals surface area (Å²) >= 11 is 0. The van der Waals surface area contributed by atoms with Crippen LogP contribution in [0.5, 0.6) is 0 Å². The molecule has 0 spiro atoms. The van der Waals surface area contributed by atoms with E-state index in [4.69, 9.17) is 5.73 Å². The molecule has 1 saturated carbocycles. The van der Waals surface area contributed by atoms with E-state index in [0.29, 0.717) is 23.8 Å². The molecule has 4 unspecified atom stereocenters. The molecule has 2 aliphatic heterocycles. The average molecular weight is 316 g/mol. The molecule has 21 heavy (non-hydrogen) atoms. The first-order chi connectivity index (χ1) is 9.66. The van der Waals surface area contributed by atoms with Gasteiger partial charge in [0.2, 0.25) is 5.91 Å². The number of hydrogen-bond donors (Lipinski definition) is 1. The fourth-order valence-electron chi connectivity index (χ4n) is 4.39. The van der Waals surface area contributed by atoms with E-state index < -0.39 is 0 Å². The smallest absolute Gasteiger partial charge is 0.239 e. The molecule has 1 amide bonds. The van der Waals surface area contributed by atoms with Crippen molar-refractivity contribution in [3.8, 4) is 0 Å². The van der Waals surface area contributed by atoms with Gasteiger partial charge in [-0.05, 0) is 57.5 Å². The molecule has 4 atom stereocenters. The number of nitrogens with zero attached hydrogens (tertiary/aromatic N) is 2. The Kier molecular flexibility index (Phi) is 5.92. The zero-order valence-corrected chi connectivity index (χ0v) is 14.0. The minimum Gasteiger partial charge on any atom is -0.341 e. The highest BCUT2D eigenvalue weighted by Gasteiger charge is 2.43. The number of halogens is 1. The maximum Gasteiger partial charge on any atom is 0.239 e. The summed E-state index contributed by atoms with van der Waals surface area (Å²) in [6, 6.07) is 0.384. The summed E-state index contributed by atoms with van der Waals surface area (Å²) in [7, 11) is 0. The van der Waals surface area contributed by atoms with Gasteiger partial charge in [0.1, 0.15) is 0 Å². The van der Waals surface area contributed by atoms with Gasteiger partial charge in [0.25, 0.3) is 0 Å². The van der Waals surface area contributed by atoms with Crippen LogP contribution in [0.2, 0.25) is 0 Å². The van der Waals surface area contributed by atoms with Crippen molar-refractivity contribution in [2.45, 2.75) is 57.5 Å². The second-order valence-electron chi connectivity index (χ2n) is 7.03. The first kappa shape index (κ1) is 17.0. The summed E-state index contributed by atoms with van der Waals surface area (Å²) in [5.74, 6) is 1.58. The Morgan fingerprint density at radius 2 is 1.76 bits per heavy atom. The molecule has 3 rings (SSSR count). The standard InChI is InChI=1S/C16H29N3O.ClH/c1-12(18-8-4-2-3-5-9-18)16(20)19-10-13-6-7-15(17)14(13)11-19;/h12-15H,2-11,17H2,1H3;1H. The Morgan fingerprint density at radius 3 is 2.38 bits per heavy atom. The maximum absolute atomic E-state index is 12.7. The lowest BCUT2D eigenvalue weighted by Crippen LogP contribution is -2.47. The summed E-state index contributed by atoms with van der Waals surface area (Å²) in [5, 5.41) is 0. The minimum atomic E-state index is 0. The minimum absolute atomic E-state index is 0. The van der Waals surface area contributed by atoms with Crippen LogP contribution in [-0.2, 0) is 4.79 Å². The van der Waals surface area contributed by atoms with E-state index in [1.807, 2.05) is 0 Å². The average Bonchev–Trinajstić information content (AvgIpc) is 2.89. The fraction of sp³-hybridized carbons (Fsp3) is 0.938. The molecule has 3 fully saturated rings. The number of carbonyl (C=O) groups is 1. The Hall–Kier alpha value is -0.320. The van der Waals surface area contributed by atoms with Gasteiger partial charge in [0.05, 0.1) is 6.04 Å². The van der Waals surface area contributed by atoms with Crippen LogP contribution in [-0.4, -0.2) is 54.0 Å². The summed E-state index contributed by atoms with van der Waals surface area (Å²) in [4.78, 5) is 17.2. The molecule has 2 N–H and O–H groups in total. The third-order valence-electron chi connectivity index (χ3n) is 5.77. The van der Waals surface area contributed by atoms with Crippen molar-refractivity contribution in [1.29, 1.82) is 0 Å². The lowest BCUT2D eigenvalue weighted by atomic mass is 9.98. The van der Waals surface area contributed by atoms with Crippen LogP contribution in [0.3, 0.4) is 0 Å². The molecule has 0 aromatic carbocycles. The van der Waals surface area contributed by atoms with E-state index in [1.165, 1.54) is 32.1 Å². The number of amides is 1. The zero-order valence-electron chi connectivity index (χ0n) is 13.2. The summed E-state index contributed by atoms with van der Waals surface area (Å²) in [6.45, 7) is 6.14. The molecule has 0 bridgehead atoms. The SMILES string of the molecule is CC(C(=O)N1CC2CCC(N)C2C1)N1CCCCCC1.Cl. The molecule has 122 valence electrons. The predicted octanol–water partition coefficient (Wildman–Crippen LogP) is 1.87. The highest BCUT2D eigenvalue weighted by Crippen LogP contribution is 2.37. The van der Waals surface area contributed by atoms with Gasteiger partial charge < -0.3 is 10.6 Å². The summed E-state index contributed by atoms with van der Waals surface area (Å²) in [5.41, 5.74) is 6.17. The third-order valence-corrected chi connectivity index (χ3v) is 5.77. The lowest BCUT2D eigenvalue weighted by molar-refractivity contribution is -0.135. The normalized spacial score (nSPS) is 35.0. The molecule has 2 heterocycles. The van der Waals surface area contributed by atoms with Gasteiger partial charge >= 0.3 is 0 Å². The highest BCUT2D eigenvalue weighted by molar-refractivity contribution is 5.85. The van der Waals surface area contributed by atoms with Crippen LogP contribution >= 0.6 is 12.4 Å². The Morgan fingerprint density at radius 1 is 1.10 bits per heavy atom. The molecular weight excluding hydrogens is 286 g/mol. The van der Waals surface area contributed by atoms with Gasteiger partial charge in [-0.25, -0.2) is 0 Å². The van der Waals surface area contributed by atoms with Gasteiger partial charge in [-0.2, -0.15) is 0 Å². The monoisotopic (exact) mass is 315 g/mol. The number of likely N-dealkylation sites (tertiary alicyclic amines) is 2. The molecule has 0 aromatic heterocycles. The summed E-state index contributed by atoms with van der Waals surface area (Å²) < 4.78 is 0. The van der Waals surface area contributed by atoms with Crippen molar-refractivity contribution >= 4 is 18.3 Å². The van der Waals surface area contributed by atoms with Crippen molar-refractivity contribution in [3.05, 3.63) is 0 Å². The second-order valence-corrected chi connectivity index (χ2v) is 7.03. The van der Waals surface area contributed by atoms with Crippen LogP contribution in [0, 0.1) is 11.8 Å². The van der Waals surface area contributed by atoms with Crippen LogP contribution in [0.1, 0.15) is 45.4 Å². The topological polar surface area (TPSA) is 49.6 Å². The van der Waals surface area contributed by atoms with Crippen LogP contribution in [0.4, 0.5) is 0 Å². The molecule has 1 aliphatic carbocycles. The number of hydrogen-bond acceptors (Lipinski definition) is 3. The molecule has 3 aliphatic rings. The highest BCUT2D eigenvalue weighted by atomic mass is 35.5. The Bertz CT molecular complexity index is 353. The predicted molar refractivity (Wildman–Crippen MR) is 87.5 cm³/mol. The third kappa shape index (κ3) is 3.54. The first-order valence-corrected chi connectivity index (χ1v) is 8.45.